The van der Waals surface area contributed by atoms with Crippen molar-refractivity contribution in [1.29, 1.82) is 0 Å². The minimum Gasteiger partial charge on any atom is -0.378 e. The Bertz CT molecular complexity index is 1570. The third kappa shape index (κ3) is 4.47. The van der Waals surface area contributed by atoms with Crippen molar-refractivity contribution in [3.8, 4) is 11.1 Å². The summed E-state index contributed by atoms with van der Waals surface area (Å²) in [5, 5.41) is 12.0. The summed E-state index contributed by atoms with van der Waals surface area (Å²) in [4.78, 5) is 13.8. The van der Waals surface area contributed by atoms with E-state index in [1.54, 1.807) is 16.6 Å². The van der Waals surface area contributed by atoms with Crippen molar-refractivity contribution >= 4 is 34.5 Å². The van der Waals surface area contributed by atoms with E-state index in [0.29, 0.717) is 17.3 Å². The molecule has 186 valence electrons. The van der Waals surface area contributed by atoms with Gasteiger partial charge in [-0.3, -0.25) is 4.79 Å². The van der Waals surface area contributed by atoms with E-state index < -0.39 is 0 Å². The van der Waals surface area contributed by atoms with Gasteiger partial charge in [0, 0.05) is 34.1 Å². The Hall–Kier alpha value is -4.10. The second-order valence-electron chi connectivity index (χ2n) is 9.15. The third-order valence-corrected chi connectivity index (χ3v) is 6.99. The Kier molecular flexibility index (Phi) is 6.14. The molecule has 3 aromatic carbocycles. The summed E-state index contributed by atoms with van der Waals surface area (Å²) < 4.78 is 17.3. The van der Waals surface area contributed by atoms with Crippen LogP contribution in [0.2, 0.25) is 5.02 Å². The van der Waals surface area contributed by atoms with Gasteiger partial charge in [-0.25, -0.2) is 8.91 Å². The lowest BCUT2D eigenvalue weighted by Gasteiger charge is -2.10. The standard InChI is InChI=1S/C29H25ClFN5O/c30-20-11-9-19(10-12-20)26-24-8-4-5-17-35-25(18-32-22-15-13-21(31)14-16-22)34-36(29(24)35)27(26)28(37)33-23-6-2-1-3-7-23/h1-3,6-7,9-16,32H,4-5,8,17-18H2,(H,33,37). The van der Waals surface area contributed by atoms with Crippen LogP contribution in [0.3, 0.4) is 0 Å². The van der Waals surface area contributed by atoms with Crippen LogP contribution in [0.15, 0.2) is 78.9 Å². The molecule has 6 nitrogen and oxygen atoms in total. The number of benzene rings is 3. The van der Waals surface area contributed by atoms with Gasteiger partial charge in [0.15, 0.2) is 5.82 Å². The molecule has 0 fully saturated rings. The molecule has 1 amide bonds. The maximum atomic E-state index is 13.8. The lowest BCUT2D eigenvalue weighted by Crippen LogP contribution is -2.16. The summed E-state index contributed by atoms with van der Waals surface area (Å²) in [5.41, 5.74) is 5.90. The van der Waals surface area contributed by atoms with Gasteiger partial charge in [0.05, 0.1) is 6.54 Å². The Balaban J connectivity index is 1.49. The molecule has 8 heteroatoms. The molecule has 0 unspecified atom stereocenters. The van der Waals surface area contributed by atoms with E-state index in [1.807, 2.05) is 54.6 Å². The van der Waals surface area contributed by atoms with Crippen molar-refractivity contribution in [2.45, 2.75) is 32.4 Å². The van der Waals surface area contributed by atoms with Crippen molar-refractivity contribution in [3.63, 3.8) is 0 Å². The van der Waals surface area contributed by atoms with Gasteiger partial charge in [0.2, 0.25) is 0 Å². The first-order chi connectivity index (χ1) is 18.1. The van der Waals surface area contributed by atoms with Crippen LogP contribution >= 0.6 is 11.6 Å². The number of aryl methyl sites for hydroxylation is 2. The number of carbonyl (C=O) groups excluding carboxylic acids is 1. The van der Waals surface area contributed by atoms with E-state index in [4.69, 9.17) is 16.7 Å². The second-order valence-corrected chi connectivity index (χ2v) is 9.59. The number of nitrogens with zero attached hydrogens (tertiary/aromatic N) is 3. The number of hydrogen-bond donors (Lipinski definition) is 2. The molecule has 0 radical (unpaired) electrons. The number of nitrogens with one attached hydrogen (secondary N) is 2. The molecule has 0 saturated heterocycles. The number of amides is 1. The van der Waals surface area contributed by atoms with Crippen molar-refractivity contribution in [1.82, 2.24) is 14.2 Å². The number of halogens is 2. The molecular weight excluding hydrogens is 489 g/mol. The zero-order chi connectivity index (χ0) is 25.4. The SMILES string of the molecule is O=C(Nc1ccccc1)c1c(-c2ccc(Cl)cc2)c2c3n(c(CNc4ccc(F)cc4)nn13)CCCC2. The van der Waals surface area contributed by atoms with Gasteiger partial charge >= 0.3 is 0 Å². The first-order valence-electron chi connectivity index (χ1n) is 12.3. The van der Waals surface area contributed by atoms with Gasteiger partial charge < -0.3 is 15.2 Å². The molecule has 3 heterocycles. The zero-order valence-electron chi connectivity index (χ0n) is 20.0. The quantitative estimate of drug-likeness (QED) is 0.262. The Morgan fingerprint density at radius 3 is 2.46 bits per heavy atom. The van der Waals surface area contributed by atoms with Gasteiger partial charge in [-0.2, -0.15) is 5.10 Å². The monoisotopic (exact) mass is 513 g/mol. The first kappa shape index (κ1) is 23.3. The molecule has 0 bridgehead atoms. The number of anilines is 2. The molecule has 1 aliphatic heterocycles. The highest BCUT2D eigenvalue weighted by Gasteiger charge is 2.30. The number of hydrogen-bond acceptors (Lipinski definition) is 3. The van der Waals surface area contributed by atoms with E-state index in [0.717, 1.165) is 65.3 Å². The summed E-state index contributed by atoms with van der Waals surface area (Å²) in [6.07, 6.45) is 2.86. The molecule has 2 aromatic heterocycles. The van der Waals surface area contributed by atoms with Crippen LogP contribution in [0.1, 0.15) is 34.7 Å². The molecule has 6 rings (SSSR count). The number of rotatable bonds is 6. The fourth-order valence-corrected chi connectivity index (χ4v) is 5.16. The number of para-hydroxylation sites is 1. The third-order valence-electron chi connectivity index (χ3n) is 6.74. The van der Waals surface area contributed by atoms with Gasteiger partial charge in [-0.05, 0) is 73.4 Å². The minimum absolute atomic E-state index is 0.222. The van der Waals surface area contributed by atoms with Crippen LogP contribution in [0, 0.1) is 5.82 Å². The predicted octanol–water partition coefficient (Wildman–Crippen LogP) is 6.80. The van der Waals surface area contributed by atoms with E-state index >= 15 is 0 Å². The fourth-order valence-electron chi connectivity index (χ4n) is 5.03. The van der Waals surface area contributed by atoms with Gasteiger partial charge in [0.25, 0.3) is 5.91 Å². The molecule has 0 saturated carbocycles. The van der Waals surface area contributed by atoms with Crippen LogP contribution in [0.4, 0.5) is 15.8 Å². The molecule has 0 spiro atoms. The molecule has 1 aliphatic rings. The summed E-state index contributed by atoms with van der Waals surface area (Å²) in [6.45, 7) is 1.25. The zero-order valence-corrected chi connectivity index (χ0v) is 20.8. The minimum atomic E-state index is -0.277. The van der Waals surface area contributed by atoms with Crippen molar-refractivity contribution in [2.24, 2.45) is 0 Å². The summed E-state index contributed by atoms with van der Waals surface area (Å²) in [6, 6.07) is 23.3. The van der Waals surface area contributed by atoms with Gasteiger partial charge in [0.1, 0.15) is 17.2 Å². The lowest BCUT2D eigenvalue weighted by molar-refractivity contribution is 0.102. The van der Waals surface area contributed by atoms with Crippen LogP contribution in [-0.2, 0) is 19.5 Å². The molecule has 5 aromatic rings. The summed E-state index contributed by atoms with van der Waals surface area (Å²) in [5.74, 6) is 0.320. The maximum Gasteiger partial charge on any atom is 0.275 e. The highest BCUT2D eigenvalue weighted by atomic mass is 35.5. The lowest BCUT2D eigenvalue weighted by atomic mass is 9.98. The summed E-state index contributed by atoms with van der Waals surface area (Å²) >= 11 is 6.19. The van der Waals surface area contributed by atoms with Crippen LogP contribution in [0.25, 0.3) is 16.8 Å². The fraction of sp³-hybridized carbons (Fsp3) is 0.172. The topological polar surface area (TPSA) is 63.4 Å². The molecular formula is C29H25ClFN5O. The van der Waals surface area contributed by atoms with E-state index in [9.17, 15) is 9.18 Å². The predicted molar refractivity (Wildman–Crippen MR) is 145 cm³/mol. The normalized spacial score (nSPS) is 12.9. The highest BCUT2D eigenvalue weighted by Crippen LogP contribution is 2.37. The smallest absolute Gasteiger partial charge is 0.275 e. The van der Waals surface area contributed by atoms with Gasteiger partial charge in [-0.15, -0.1) is 0 Å². The molecule has 0 atom stereocenters. The Morgan fingerprint density at radius 1 is 0.946 bits per heavy atom. The largest absolute Gasteiger partial charge is 0.378 e. The highest BCUT2D eigenvalue weighted by molar-refractivity contribution is 6.30. The molecule has 37 heavy (non-hydrogen) atoms. The second kappa shape index (κ2) is 9.75. The average molecular weight is 514 g/mol. The van der Waals surface area contributed by atoms with E-state index in [1.165, 1.54) is 12.1 Å². The Labute approximate surface area is 218 Å². The van der Waals surface area contributed by atoms with Crippen LogP contribution in [-0.4, -0.2) is 20.1 Å². The van der Waals surface area contributed by atoms with Crippen molar-refractivity contribution < 1.29 is 9.18 Å². The number of aromatic nitrogens is 3. The average Bonchev–Trinajstić information content (AvgIpc) is 3.31. The summed E-state index contributed by atoms with van der Waals surface area (Å²) in [7, 11) is 0. The van der Waals surface area contributed by atoms with Gasteiger partial charge in [-0.1, -0.05) is 41.9 Å². The maximum absolute atomic E-state index is 13.8. The van der Waals surface area contributed by atoms with Crippen LogP contribution < -0.4 is 10.6 Å². The van der Waals surface area contributed by atoms with Crippen molar-refractivity contribution in [3.05, 3.63) is 107 Å². The molecule has 0 aliphatic carbocycles. The number of carbonyl (C=O) groups is 1. The van der Waals surface area contributed by atoms with Crippen LogP contribution in [0.5, 0.6) is 0 Å². The Morgan fingerprint density at radius 2 is 1.70 bits per heavy atom. The molecule has 2 N–H and O–H groups in total. The van der Waals surface area contributed by atoms with E-state index in [2.05, 4.69) is 15.2 Å². The van der Waals surface area contributed by atoms with E-state index in [-0.39, 0.29) is 11.7 Å². The first-order valence-corrected chi connectivity index (χ1v) is 12.7. The van der Waals surface area contributed by atoms with Crippen molar-refractivity contribution in [2.75, 3.05) is 10.6 Å².